The molecule has 0 aliphatic carbocycles. The highest BCUT2D eigenvalue weighted by Gasteiger charge is 2.20. The molecule has 0 N–H and O–H groups in total. The molecule has 0 spiro atoms. The number of rotatable bonds is 1. The molecular weight excluding hydrogens is 213 g/mol. The van der Waals surface area contributed by atoms with Gasteiger partial charge in [-0.1, -0.05) is 0 Å². The molecule has 0 fully saturated rings. The van der Waals surface area contributed by atoms with E-state index in [1.54, 1.807) is 0 Å². The van der Waals surface area contributed by atoms with Gasteiger partial charge in [-0.05, 0) is 6.92 Å². The number of hydrogen-bond donors (Lipinski definition) is 0. The fraction of sp³-hybridized carbons (Fsp3) is 0.429. The first-order valence-electron chi connectivity index (χ1n) is 4.03. The minimum atomic E-state index is -6.00. The van der Waals surface area contributed by atoms with Crippen LogP contribution in [0, 0.1) is 11.3 Å². The van der Waals surface area contributed by atoms with E-state index in [-0.39, 0.29) is 6.04 Å². The monoisotopic (exact) mass is 223 g/mol. The molecule has 1 heterocycles. The van der Waals surface area contributed by atoms with Crippen molar-refractivity contribution in [2.45, 2.75) is 13.0 Å². The standard InChI is InChI=1S/C7H10N3.BF4/c1-7(5-8)10-4-3-9(2)6-10;2-1(3,4)5/h3-4,6-7H,1-2H3;/q+1;-1. The van der Waals surface area contributed by atoms with Gasteiger partial charge in [0.05, 0.1) is 7.05 Å². The van der Waals surface area contributed by atoms with E-state index in [1.807, 2.05) is 41.8 Å². The lowest BCUT2D eigenvalue weighted by Crippen LogP contribution is -2.34. The van der Waals surface area contributed by atoms with E-state index in [0.29, 0.717) is 0 Å². The Morgan fingerprint density at radius 2 is 1.87 bits per heavy atom. The maximum absolute atomic E-state index is 9.75. The Balaban J connectivity index is 0.000000336. The van der Waals surface area contributed by atoms with Crippen molar-refractivity contribution in [2.24, 2.45) is 7.05 Å². The van der Waals surface area contributed by atoms with Gasteiger partial charge in [0.25, 0.3) is 0 Å². The molecule has 0 bridgehead atoms. The predicted octanol–water partition coefficient (Wildman–Crippen LogP) is 1.70. The fourth-order valence-corrected chi connectivity index (χ4v) is 0.765. The summed E-state index contributed by atoms with van der Waals surface area (Å²) < 4.78 is 42.8. The van der Waals surface area contributed by atoms with Crippen molar-refractivity contribution < 1.29 is 21.8 Å². The number of nitriles is 1. The van der Waals surface area contributed by atoms with Crippen molar-refractivity contribution in [2.75, 3.05) is 0 Å². The van der Waals surface area contributed by atoms with Gasteiger partial charge < -0.3 is 17.3 Å². The second-order valence-electron chi connectivity index (χ2n) is 2.83. The van der Waals surface area contributed by atoms with Gasteiger partial charge in [-0.25, -0.2) is 9.13 Å². The summed E-state index contributed by atoms with van der Waals surface area (Å²) in [4.78, 5) is 0. The van der Waals surface area contributed by atoms with Gasteiger partial charge in [0, 0.05) is 0 Å². The molecule has 1 unspecified atom stereocenters. The van der Waals surface area contributed by atoms with Crippen LogP contribution in [0.3, 0.4) is 0 Å². The Morgan fingerprint density at radius 3 is 2.13 bits per heavy atom. The second-order valence-corrected chi connectivity index (χ2v) is 2.83. The molecule has 84 valence electrons. The normalized spacial score (nSPS) is 12.3. The van der Waals surface area contributed by atoms with E-state index < -0.39 is 7.25 Å². The van der Waals surface area contributed by atoms with Crippen molar-refractivity contribution in [1.82, 2.24) is 4.57 Å². The van der Waals surface area contributed by atoms with Gasteiger partial charge in [0.2, 0.25) is 6.33 Å². The van der Waals surface area contributed by atoms with Crippen LogP contribution in [0.25, 0.3) is 0 Å². The molecular formula is C7H10BF4N3. The highest BCUT2D eigenvalue weighted by atomic mass is 19.5. The van der Waals surface area contributed by atoms with Gasteiger partial charge in [-0.2, -0.15) is 5.26 Å². The zero-order valence-corrected chi connectivity index (χ0v) is 8.24. The maximum atomic E-state index is 9.75. The van der Waals surface area contributed by atoms with Crippen LogP contribution < -0.4 is 4.57 Å². The SMILES string of the molecule is CC(C#N)[n+]1ccn(C)c1.F[B-](F)(F)F. The fourth-order valence-electron chi connectivity index (χ4n) is 0.765. The van der Waals surface area contributed by atoms with Gasteiger partial charge in [0.15, 0.2) is 6.04 Å². The number of nitrogens with zero attached hydrogens (tertiary/aromatic N) is 3. The van der Waals surface area contributed by atoms with E-state index in [9.17, 15) is 17.3 Å². The number of imidazole rings is 1. The first-order valence-corrected chi connectivity index (χ1v) is 4.03. The number of halogens is 4. The summed E-state index contributed by atoms with van der Waals surface area (Å²) in [5.74, 6) is 0. The summed E-state index contributed by atoms with van der Waals surface area (Å²) in [6.07, 6.45) is 5.68. The third kappa shape index (κ3) is 7.55. The molecule has 0 aliphatic rings. The smallest absolute Gasteiger partial charge is 0.418 e. The van der Waals surface area contributed by atoms with Crippen LogP contribution >= 0.6 is 0 Å². The Morgan fingerprint density at radius 1 is 1.40 bits per heavy atom. The molecule has 1 aromatic heterocycles. The average Bonchev–Trinajstić information content (AvgIpc) is 2.47. The topological polar surface area (TPSA) is 32.6 Å². The minimum Gasteiger partial charge on any atom is -0.418 e. The summed E-state index contributed by atoms with van der Waals surface area (Å²) >= 11 is 0. The Bertz CT molecular complexity index is 335. The first-order chi connectivity index (χ1) is 6.74. The molecule has 0 saturated heterocycles. The molecule has 15 heavy (non-hydrogen) atoms. The summed E-state index contributed by atoms with van der Waals surface area (Å²) in [6.45, 7) is 1.86. The van der Waals surface area contributed by atoms with E-state index in [2.05, 4.69) is 6.07 Å². The molecule has 0 amide bonds. The van der Waals surface area contributed by atoms with Crippen LogP contribution in [0.1, 0.15) is 13.0 Å². The van der Waals surface area contributed by atoms with Crippen molar-refractivity contribution in [3.63, 3.8) is 0 Å². The summed E-state index contributed by atoms with van der Waals surface area (Å²) in [6, 6.07) is 2.08. The van der Waals surface area contributed by atoms with Crippen LogP contribution in [0.2, 0.25) is 0 Å². The average molecular weight is 223 g/mol. The molecule has 8 heteroatoms. The third-order valence-corrected chi connectivity index (χ3v) is 1.42. The number of hydrogen-bond acceptors (Lipinski definition) is 1. The highest BCUT2D eigenvalue weighted by molar-refractivity contribution is 6.50. The summed E-state index contributed by atoms with van der Waals surface area (Å²) in [5.41, 5.74) is 0. The van der Waals surface area contributed by atoms with Crippen molar-refractivity contribution >= 4 is 7.25 Å². The van der Waals surface area contributed by atoms with Crippen LogP contribution in [0.15, 0.2) is 18.7 Å². The molecule has 0 radical (unpaired) electrons. The van der Waals surface area contributed by atoms with Crippen LogP contribution in [0.5, 0.6) is 0 Å². The lowest BCUT2D eigenvalue weighted by Gasteiger charge is -1.94. The minimum absolute atomic E-state index is 0.0683. The number of aryl methyl sites for hydroxylation is 1. The van der Waals surface area contributed by atoms with E-state index in [0.717, 1.165) is 0 Å². The van der Waals surface area contributed by atoms with Gasteiger partial charge in [-0.15, -0.1) is 0 Å². The lowest BCUT2D eigenvalue weighted by atomic mass is 10.3. The number of aromatic nitrogens is 2. The summed E-state index contributed by atoms with van der Waals surface area (Å²) in [5, 5.41) is 8.52. The molecule has 0 saturated carbocycles. The molecule has 1 rings (SSSR count). The van der Waals surface area contributed by atoms with Crippen molar-refractivity contribution in [3.8, 4) is 6.07 Å². The third-order valence-electron chi connectivity index (χ3n) is 1.42. The van der Waals surface area contributed by atoms with Crippen LogP contribution in [-0.2, 0) is 7.05 Å². The largest absolute Gasteiger partial charge is 0.673 e. The Labute approximate surface area is 84.7 Å². The lowest BCUT2D eigenvalue weighted by molar-refractivity contribution is -0.706. The first kappa shape index (κ1) is 13.5. The van der Waals surface area contributed by atoms with Crippen molar-refractivity contribution in [1.29, 1.82) is 5.26 Å². The molecule has 0 aromatic carbocycles. The van der Waals surface area contributed by atoms with Crippen molar-refractivity contribution in [3.05, 3.63) is 18.7 Å². The quantitative estimate of drug-likeness (QED) is 0.405. The molecule has 3 nitrogen and oxygen atoms in total. The Hall–Kier alpha value is -1.52. The van der Waals surface area contributed by atoms with Gasteiger partial charge >= 0.3 is 7.25 Å². The van der Waals surface area contributed by atoms with Crippen LogP contribution in [-0.4, -0.2) is 11.8 Å². The highest BCUT2D eigenvalue weighted by Crippen LogP contribution is 2.06. The zero-order chi connectivity index (χ0) is 12.1. The maximum Gasteiger partial charge on any atom is 0.673 e. The predicted molar refractivity (Wildman–Crippen MR) is 46.1 cm³/mol. The molecule has 0 aliphatic heterocycles. The van der Waals surface area contributed by atoms with Crippen LogP contribution in [0.4, 0.5) is 17.3 Å². The second kappa shape index (κ2) is 5.39. The van der Waals surface area contributed by atoms with Gasteiger partial charge in [-0.3, -0.25) is 0 Å². The van der Waals surface area contributed by atoms with Gasteiger partial charge in [0.1, 0.15) is 18.5 Å². The zero-order valence-electron chi connectivity index (χ0n) is 8.24. The summed E-state index contributed by atoms with van der Waals surface area (Å²) in [7, 11) is -4.07. The van der Waals surface area contributed by atoms with E-state index in [4.69, 9.17) is 5.26 Å². The van der Waals surface area contributed by atoms with E-state index in [1.165, 1.54) is 0 Å². The van der Waals surface area contributed by atoms with E-state index >= 15 is 0 Å². The molecule has 1 aromatic rings. The Kier molecular flexibility index (Phi) is 4.84. The molecule has 1 atom stereocenters.